The molecule has 0 radical (unpaired) electrons. The number of nitrogens with one attached hydrogen (secondary N) is 2. The minimum Gasteiger partial charge on any atom is -0.325 e. The Hall–Kier alpha value is -2.89. The van der Waals surface area contributed by atoms with E-state index in [2.05, 4.69) is 10.6 Å². The predicted octanol–water partition coefficient (Wildman–Crippen LogP) is 4.02. The first kappa shape index (κ1) is 17.9. The van der Waals surface area contributed by atoms with E-state index in [1.54, 1.807) is 35.2 Å². The summed E-state index contributed by atoms with van der Waals surface area (Å²) in [5.74, 6) is -0.446. The number of rotatable bonds is 5. The smallest absolute Gasteiger partial charge is 0.321 e. The van der Waals surface area contributed by atoms with E-state index in [0.717, 1.165) is 31.5 Å². The molecule has 136 valence electrons. The average Bonchev–Trinajstić information content (AvgIpc) is 3.18. The van der Waals surface area contributed by atoms with E-state index in [1.807, 2.05) is 6.07 Å². The molecular weight excluding hydrogens is 333 g/mol. The Balaban J connectivity index is 1.57. The molecule has 0 spiro atoms. The van der Waals surface area contributed by atoms with Crippen LogP contribution in [0.2, 0.25) is 0 Å². The van der Waals surface area contributed by atoms with Gasteiger partial charge in [-0.15, -0.1) is 0 Å². The highest BCUT2D eigenvalue weighted by molar-refractivity contribution is 5.99. The normalized spacial score (nSPS) is 13.5. The van der Waals surface area contributed by atoms with E-state index in [4.69, 9.17) is 0 Å². The third-order valence-electron chi connectivity index (χ3n) is 4.39. The summed E-state index contributed by atoms with van der Waals surface area (Å²) in [7, 11) is 0. The first-order valence-electron chi connectivity index (χ1n) is 8.81. The van der Waals surface area contributed by atoms with Crippen molar-refractivity contribution in [2.45, 2.75) is 25.7 Å². The summed E-state index contributed by atoms with van der Waals surface area (Å²) in [6.45, 7) is 1.52. The lowest BCUT2D eigenvalue weighted by Gasteiger charge is -2.18. The van der Waals surface area contributed by atoms with Crippen LogP contribution in [-0.2, 0) is 11.2 Å². The van der Waals surface area contributed by atoms with E-state index in [9.17, 15) is 14.0 Å². The van der Waals surface area contributed by atoms with Gasteiger partial charge in [0.15, 0.2) is 0 Å². The van der Waals surface area contributed by atoms with E-state index in [1.165, 1.54) is 12.1 Å². The Kier molecular flexibility index (Phi) is 5.84. The van der Waals surface area contributed by atoms with Gasteiger partial charge in [-0.05, 0) is 49.1 Å². The van der Waals surface area contributed by atoms with E-state index in [0.29, 0.717) is 17.8 Å². The molecule has 0 aliphatic carbocycles. The van der Waals surface area contributed by atoms with Crippen LogP contribution in [0.25, 0.3) is 0 Å². The van der Waals surface area contributed by atoms with Gasteiger partial charge in [0.2, 0.25) is 5.91 Å². The molecule has 0 bridgehead atoms. The summed E-state index contributed by atoms with van der Waals surface area (Å²) in [5.41, 5.74) is 2.06. The zero-order valence-electron chi connectivity index (χ0n) is 14.5. The molecule has 2 N–H and O–H groups in total. The van der Waals surface area contributed by atoms with E-state index < -0.39 is 0 Å². The lowest BCUT2D eigenvalue weighted by molar-refractivity contribution is -0.116. The predicted molar refractivity (Wildman–Crippen MR) is 99.6 cm³/mol. The molecule has 0 saturated carbocycles. The monoisotopic (exact) mass is 355 g/mol. The van der Waals surface area contributed by atoms with Gasteiger partial charge in [-0.1, -0.05) is 24.3 Å². The number of benzene rings is 2. The Morgan fingerprint density at radius 1 is 0.923 bits per heavy atom. The van der Waals surface area contributed by atoms with Crippen molar-refractivity contribution in [2.24, 2.45) is 0 Å². The SMILES string of the molecule is O=C(CCc1ccc(F)cc1)Nc1ccccc1NC(=O)N1CCCC1. The number of carbonyl (C=O) groups excluding carboxylic acids is 2. The number of amides is 3. The number of hydrogen-bond donors (Lipinski definition) is 2. The van der Waals surface area contributed by atoms with Gasteiger partial charge in [0.05, 0.1) is 11.4 Å². The van der Waals surface area contributed by atoms with Crippen molar-refractivity contribution in [3.63, 3.8) is 0 Å². The van der Waals surface area contributed by atoms with Gasteiger partial charge < -0.3 is 15.5 Å². The molecule has 6 heteroatoms. The van der Waals surface area contributed by atoms with Gasteiger partial charge in [0, 0.05) is 19.5 Å². The topological polar surface area (TPSA) is 61.4 Å². The van der Waals surface area contributed by atoms with Crippen LogP contribution in [0.4, 0.5) is 20.6 Å². The maximum atomic E-state index is 12.9. The standard InChI is InChI=1S/C20H22FN3O2/c21-16-10-7-15(8-11-16)9-12-19(25)22-17-5-1-2-6-18(17)23-20(26)24-13-3-4-14-24/h1-2,5-8,10-11H,3-4,9,12-14H2,(H,22,25)(H,23,26). The number of nitrogens with zero attached hydrogens (tertiary/aromatic N) is 1. The van der Waals surface area contributed by atoms with Crippen molar-refractivity contribution in [1.29, 1.82) is 0 Å². The molecule has 2 aromatic rings. The molecule has 1 saturated heterocycles. The van der Waals surface area contributed by atoms with Crippen LogP contribution in [0.3, 0.4) is 0 Å². The number of anilines is 2. The Labute approximate surface area is 152 Å². The molecule has 0 aromatic heterocycles. The van der Waals surface area contributed by atoms with Crippen LogP contribution < -0.4 is 10.6 Å². The number of carbonyl (C=O) groups is 2. The second kappa shape index (κ2) is 8.47. The highest BCUT2D eigenvalue weighted by Gasteiger charge is 2.19. The number of para-hydroxylation sites is 2. The maximum absolute atomic E-state index is 12.9. The number of urea groups is 1. The number of aryl methyl sites for hydroxylation is 1. The first-order valence-corrected chi connectivity index (χ1v) is 8.81. The van der Waals surface area contributed by atoms with Crippen molar-refractivity contribution in [1.82, 2.24) is 4.90 Å². The molecule has 2 aromatic carbocycles. The maximum Gasteiger partial charge on any atom is 0.321 e. The average molecular weight is 355 g/mol. The molecule has 1 aliphatic heterocycles. The van der Waals surface area contributed by atoms with Crippen LogP contribution in [0, 0.1) is 5.82 Å². The summed E-state index contributed by atoms with van der Waals surface area (Å²) in [6.07, 6.45) is 2.85. The first-order chi connectivity index (χ1) is 12.6. The van der Waals surface area contributed by atoms with Crippen LogP contribution in [-0.4, -0.2) is 29.9 Å². The Morgan fingerprint density at radius 2 is 1.54 bits per heavy atom. The summed E-state index contributed by atoms with van der Waals surface area (Å²) >= 11 is 0. The van der Waals surface area contributed by atoms with Crippen LogP contribution in [0.5, 0.6) is 0 Å². The largest absolute Gasteiger partial charge is 0.325 e. The van der Waals surface area contributed by atoms with Crippen molar-refractivity contribution in [2.75, 3.05) is 23.7 Å². The summed E-state index contributed by atoms with van der Waals surface area (Å²) in [4.78, 5) is 26.3. The third-order valence-corrected chi connectivity index (χ3v) is 4.39. The summed E-state index contributed by atoms with van der Waals surface area (Å²) in [6, 6.07) is 13.1. The van der Waals surface area contributed by atoms with Crippen LogP contribution in [0.1, 0.15) is 24.8 Å². The van der Waals surface area contributed by atoms with Crippen molar-refractivity contribution < 1.29 is 14.0 Å². The fraction of sp³-hybridized carbons (Fsp3) is 0.300. The number of likely N-dealkylation sites (tertiary alicyclic amines) is 1. The fourth-order valence-electron chi connectivity index (χ4n) is 2.94. The molecular formula is C20H22FN3O2. The lowest BCUT2D eigenvalue weighted by atomic mass is 10.1. The van der Waals surface area contributed by atoms with Crippen LogP contribution in [0.15, 0.2) is 48.5 Å². The zero-order chi connectivity index (χ0) is 18.4. The number of hydrogen-bond acceptors (Lipinski definition) is 2. The highest BCUT2D eigenvalue weighted by atomic mass is 19.1. The molecule has 5 nitrogen and oxygen atoms in total. The van der Waals surface area contributed by atoms with Gasteiger partial charge in [-0.2, -0.15) is 0 Å². The molecule has 3 amide bonds. The molecule has 1 fully saturated rings. The molecule has 0 unspecified atom stereocenters. The molecule has 1 heterocycles. The van der Waals surface area contributed by atoms with Crippen molar-refractivity contribution >= 4 is 23.3 Å². The second-order valence-corrected chi connectivity index (χ2v) is 6.34. The number of halogens is 1. The lowest BCUT2D eigenvalue weighted by Crippen LogP contribution is -2.32. The summed E-state index contributed by atoms with van der Waals surface area (Å²) < 4.78 is 12.9. The van der Waals surface area contributed by atoms with Crippen molar-refractivity contribution in [3.05, 3.63) is 59.9 Å². The zero-order valence-corrected chi connectivity index (χ0v) is 14.5. The van der Waals surface area contributed by atoms with Gasteiger partial charge >= 0.3 is 6.03 Å². The third kappa shape index (κ3) is 4.81. The minimum absolute atomic E-state index is 0.143. The molecule has 26 heavy (non-hydrogen) atoms. The van der Waals surface area contributed by atoms with Crippen LogP contribution >= 0.6 is 0 Å². The molecule has 1 aliphatic rings. The van der Waals surface area contributed by atoms with E-state index >= 15 is 0 Å². The quantitative estimate of drug-likeness (QED) is 0.851. The highest BCUT2D eigenvalue weighted by Crippen LogP contribution is 2.22. The van der Waals surface area contributed by atoms with E-state index in [-0.39, 0.29) is 24.2 Å². The Morgan fingerprint density at radius 3 is 2.19 bits per heavy atom. The van der Waals surface area contributed by atoms with Gasteiger partial charge in [0.1, 0.15) is 5.82 Å². The van der Waals surface area contributed by atoms with Crippen molar-refractivity contribution in [3.8, 4) is 0 Å². The second-order valence-electron chi connectivity index (χ2n) is 6.34. The Bertz CT molecular complexity index is 771. The minimum atomic E-state index is -0.291. The molecule has 3 rings (SSSR count). The summed E-state index contributed by atoms with van der Waals surface area (Å²) in [5, 5.41) is 5.71. The van der Waals surface area contributed by atoms with Gasteiger partial charge in [0.25, 0.3) is 0 Å². The molecule has 0 atom stereocenters. The van der Waals surface area contributed by atoms with Gasteiger partial charge in [-0.25, -0.2) is 9.18 Å². The fourth-order valence-corrected chi connectivity index (χ4v) is 2.94. The van der Waals surface area contributed by atoms with Gasteiger partial charge in [-0.3, -0.25) is 4.79 Å².